The smallest absolute Gasteiger partial charge is 0.215 e. The highest BCUT2D eigenvalue weighted by atomic mass is 16.5. The summed E-state index contributed by atoms with van der Waals surface area (Å²) in [5.41, 5.74) is 2.25. The van der Waals surface area contributed by atoms with Crippen LogP contribution in [0.4, 0.5) is 11.5 Å². The summed E-state index contributed by atoms with van der Waals surface area (Å²) in [6.45, 7) is 12.0. The molecule has 0 atom stereocenters. The van der Waals surface area contributed by atoms with E-state index in [-0.39, 0.29) is 5.43 Å². The van der Waals surface area contributed by atoms with Gasteiger partial charge in [0.25, 0.3) is 0 Å². The third-order valence-corrected chi connectivity index (χ3v) is 4.73. The third kappa shape index (κ3) is 5.72. The Morgan fingerprint density at radius 1 is 1.26 bits per heavy atom. The highest BCUT2D eigenvalue weighted by Gasteiger charge is 2.22. The molecule has 2 aromatic heterocycles. The minimum Gasteiger partial charge on any atom is -0.477 e. The molecule has 0 radical (unpaired) electrons. The quantitative estimate of drug-likeness (QED) is 0.370. The van der Waals surface area contributed by atoms with Crippen LogP contribution < -0.4 is 15.5 Å². The summed E-state index contributed by atoms with van der Waals surface area (Å²) in [6, 6.07) is 13.1. The second-order valence-corrected chi connectivity index (χ2v) is 7.41. The zero-order valence-corrected chi connectivity index (χ0v) is 18.2. The van der Waals surface area contributed by atoms with Gasteiger partial charge in [-0.3, -0.25) is 9.36 Å². The molecular formula is C26H29N3O2. The summed E-state index contributed by atoms with van der Waals surface area (Å²) >= 11 is 0. The summed E-state index contributed by atoms with van der Waals surface area (Å²) in [7, 11) is 0. The van der Waals surface area contributed by atoms with Gasteiger partial charge < -0.3 is 10.1 Å². The molecule has 1 fully saturated rings. The van der Waals surface area contributed by atoms with E-state index < -0.39 is 0 Å². The Morgan fingerprint density at radius 2 is 1.97 bits per heavy atom. The van der Waals surface area contributed by atoms with Crippen molar-refractivity contribution in [3.05, 3.63) is 90.3 Å². The van der Waals surface area contributed by atoms with Gasteiger partial charge in [-0.25, -0.2) is 4.98 Å². The lowest BCUT2D eigenvalue weighted by molar-refractivity contribution is 0.289. The lowest BCUT2D eigenvalue weighted by atomic mass is 10.2. The number of pyridine rings is 2. The molecule has 0 amide bonds. The Labute approximate surface area is 183 Å². The van der Waals surface area contributed by atoms with Crippen LogP contribution in [0.5, 0.6) is 5.88 Å². The average molecular weight is 416 g/mol. The lowest BCUT2D eigenvalue weighted by Crippen LogP contribution is -2.13. The number of fused-ring (bicyclic) bond motifs is 1. The first kappa shape index (κ1) is 22.1. The molecule has 3 aromatic rings. The van der Waals surface area contributed by atoms with E-state index >= 15 is 0 Å². The van der Waals surface area contributed by atoms with Crippen molar-refractivity contribution in [2.24, 2.45) is 5.92 Å². The summed E-state index contributed by atoms with van der Waals surface area (Å²) < 4.78 is 7.76. The predicted molar refractivity (Wildman–Crippen MR) is 130 cm³/mol. The highest BCUT2D eigenvalue weighted by Crippen LogP contribution is 2.30. The Morgan fingerprint density at radius 3 is 2.61 bits per heavy atom. The predicted octanol–water partition coefficient (Wildman–Crippen LogP) is 6.17. The molecule has 5 heteroatoms. The largest absolute Gasteiger partial charge is 0.477 e. The van der Waals surface area contributed by atoms with E-state index in [4.69, 9.17) is 4.74 Å². The maximum Gasteiger partial charge on any atom is 0.215 e. The topological polar surface area (TPSA) is 56.2 Å². The van der Waals surface area contributed by atoms with E-state index in [1.807, 2.05) is 67.0 Å². The first-order chi connectivity index (χ1) is 15.1. The molecule has 4 rings (SSSR count). The number of hydrogen-bond donors (Lipinski definition) is 1. The molecule has 0 bridgehead atoms. The van der Waals surface area contributed by atoms with Gasteiger partial charge in [0.1, 0.15) is 5.82 Å². The number of rotatable bonds is 7. The normalized spacial score (nSPS) is 12.8. The number of nitrogens with zero attached hydrogens (tertiary/aromatic N) is 2. The molecule has 2 heterocycles. The molecule has 1 saturated carbocycles. The molecule has 1 aromatic carbocycles. The second-order valence-electron chi connectivity index (χ2n) is 7.41. The summed E-state index contributed by atoms with van der Waals surface area (Å²) in [5, 5.41) is 3.86. The Bertz CT molecular complexity index is 1140. The first-order valence-corrected chi connectivity index (χ1v) is 10.5. The van der Waals surface area contributed by atoms with Crippen LogP contribution in [-0.2, 0) is 0 Å². The van der Waals surface area contributed by atoms with Crippen molar-refractivity contribution < 1.29 is 4.74 Å². The summed E-state index contributed by atoms with van der Waals surface area (Å²) in [4.78, 5) is 17.1. The van der Waals surface area contributed by atoms with E-state index in [9.17, 15) is 4.79 Å². The van der Waals surface area contributed by atoms with E-state index in [0.717, 1.165) is 16.9 Å². The standard InChI is InChI=1S/C23H23N3O2.C3H6/c1-3-7-16(2)26-20-12-23(28-15-17-10-11-17)24-14-19(20)21(27)13-22(26)25-18-8-5-4-6-9-18;1-3-2/h3-9,12-14,17,25H,2,10-11,15H2,1H3;3H,1H2,2H3/b7-3-;. The highest BCUT2D eigenvalue weighted by molar-refractivity contribution is 5.86. The van der Waals surface area contributed by atoms with E-state index in [1.54, 1.807) is 18.3 Å². The number of allylic oxidation sites excluding steroid dienone is 4. The van der Waals surface area contributed by atoms with Gasteiger partial charge >= 0.3 is 0 Å². The summed E-state index contributed by atoms with van der Waals surface area (Å²) in [5.74, 6) is 1.80. The van der Waals surface area contributed by atoms with Crippen molar-refractivity contribution in [1.82, 2.24) is 9.55 Å². The molecule has 1 N–H and O–H groups in total. The van der Waals surface area contributed by atoms with Gasteiger partial charge in [-0.2, -0.15) is 0 Å². The Hall–Kier alpha value is -3.60. The third-order valence-electron chi connectivity index (χ3n) is 4.73. The Balaban J connectivity index is 0.000000858. The minimum absolute atomic E-state index is 0.0980. The number of para-hydroxylation sites is 1. The molecule has 160 valence electrons. The van der Waals surface area contributed by atoms with Crippen molar-refractivity contribution in [1.29, 1.82) is 0 Å². The van der Waals surface area contributed by atoms with Crippen LogP contribution in [0.25, 0.3) is 16.6 Å². The van der Waals surface area contributed by atoms with Crippen LogP contribution in [0.3, 0.4) is 0 Å². The van der Waals surface area contributed by atoms with Crippen LogP contribution in [0.1, 0.15) is 26.7 Å². The van der Waals surface area contributed by atoms with Gasteiger partial charge in [0.2, 0.25) is 5.88 Å². The van der Waals surface area contributed by atoms with Gasteiger partial charge in [0, 0.05) is 29.7 Å². The van der Waals surface area contributed by atoms with Crippen molar-refractivity contribution in [2.75, 3.05) is 11.9 Å². The van der Waals surface area contributed by atoms with E-state index in [1.165, 1.54) is 12.8 Å². The number of hydrogen-bond acceptors (Lipinski definition) is 4. The minimum atomic E-state index is -0.0980. The zero-order valence-electron chi connectivity index (χ0n) is 18.2. The lowest BCUT2D eigenvalue weighted by Gasteiger charge is -2.19. The van der Waals surface area contributed by atoms with Crippen molar-refractivity contribution >= 4 is 28.1 Å². The van der Waals surface area contributed by atoms with E-state index in [2.05, 4.69) is 23.5 Å². The van der Waals surface area contributed by atoms with Crippen LogP contribution in [0, 0.1) is 5.92 Å². The van der Waals surface area contributed by atoms with Crippen LogP contribution in [-0.4, -0.2) is 16.2 Å². The summed E-state index contributed by atoms with van der Waals surface area (Å²) in [6.07, 6.45) is 9.59. The first-order valence-electron chi connectivity index (χ1n) is 10.5. The van der Waals surface area contributed by atoms with Crippen molar-refractivity contribution in [2.45, 2.75) is 26.7 Å². The fourth-order valence-electron chi connectivity index (χ4n) is 3.10. The van der Waals surface area contributed by atoms with Crippen molar-refractivity contribution in [3.63, 3.8) is 0 Å². The number of nitrogens with one attached hydrogen (secondary N) is 1. The number of anilines is 2. The molecule has 31 heavy (non-hydrogen) atoms. The number of aromatic nitrogens is 2. The zero-order chi connectivity index (χ0) is 22.2. The van der Waals surface area contributed by atoms with Gasteiger partial charge in [0.15, 0.2) is 5.43 Å². The Kier molecular flexibility index (Phi) is 7.44. The van der Waals surface area contributed by atoms with Crippen LogP contribution in [0.2, 0.25) is 0 Å². The fourth-order valence-corrected chi connectivity index (χ4v) is 3.10. The SMILES string of the molecule is C=C(/C=C\C)n1c(Nc2ccccc2)cc(=O)c2cnc(OCC3CC3)cc21.C=CC. The van der Waals surface area contributed by atoms with Gasteiger partial charge in [-0.1, -0.05) is 36.9 Å². The van der Waals surface area contributed by atoms with Gasteiger partial charge in [-0.05, 0) is 50.8 Å². The molecule has 5 nitrogen and oxygen atoms in total. The van der Waals surface area contributed by atoms with Crippen LogP contribution in [0.15, 0.2) is 84.8 Å². The van der Waals surface area contributed by atoms with Crippen molar-refractivity contribution in [3.8, 4) is 5.88 Å². The fraction of sp³-hybridized carbons (Fsp3) is 0.231. The number of ether oxygens (including phenoxy) is 1. The second kappa shape index (κ2) is 10.4. The molecule has 1 aliphatic carbocycles. The van der Waals surface area contributed by atoms with E-state index in [0.29, 0.717) is 29.6 Å². The van der Waals surface area contributed by atoms with Gasteiger partial charge in [0.05, 0.1) is 17.5 Å². The maximum absolute atomic E-state index is 12.7. The molecule has 0 aliphatic heterocycles. The molecular weight excluding hydrogens is 386 g/mol. The number of benzene rings is 1. The maximum atomic E-state index is 12.7. The molecule has 1 aliphatic rings. The monoisotopic (exact) mass is 415 g/mol. The van der Waals surface area contributed by atoms with Crippen LogP contribution >= 0.6 is 0 Å². The molecule has 0 spiro atoms. The average Bonchev–Trinajstić information content (AvgIpc) is 3.58. The molecule has 0 unspecified atom stereocenters. The van der Waals surface area contributed by atoms with Gasteiger partial charge in [-0.15, -0.1) is 6.58 Å². The molecule has 0 saturated heterocycles.